The van der Waals surface area contributed by atoms with E-state index in [2.05, 4.69) is 78.9 Å². The number of benzene rings is 14. The number of epoxide rings is 1. The van der Waals surface area contributed by atoms with Gasteiger partial charge in [-0.15, -0.1) is 0 Å². The summed E-state index contributed by atoms with van der Waals surface area (Å²) in [5, 5.41) is 44.2. The molecule has 0 aromatic heterocycles. The van der Waals surface area contributed by atoms with Crippen molar-refractivity contribution >= 4 is 157 Å². The van der Waals surface area contributed by atoms with Crippen LogP contribution in [0.4, 0.5) is 0 Å². The first-order valence-electron chi connectivity index (χ1n) is 30.2. The van der Waals surface area contributed by atoms with Crippen molar-refractivity contribution in [3.8, 4) is 0 Å². The molecule has 10 aliphatic rings. The zero-order chi connectivity index (χ0) is 51.7. The van der Waals surface area contributed by atoms with Crippen molar-refractivity contribution in [3.05, 3.63) is 209 Å². The predicted octanol–water partition coefficient (Wildman–Crippen LogP) is 18.3. The molecule has 376 valence electrons. The normalized spacial score (nSPS) is 21.8. The summed E-state index contributed by atoms with van der Waals surface area (Å²) >= 11 is 0. The molecule has 2 fully saturated rings. The van der Waals surface area contributed by atoms with Crippen LogP contribution >= 0.6 is 0 Å². The molecule has 0 spiro atoms. The topological polar surface area (TPSA) is 48.1 Å². The van der Waals surface area contributed by atoms with Crippen LogP contribution < -0.4 is 0 Å². The van der Waals surface area contributed by atoms with Gasteiger partial charge in [-0.1, -0.05) is 109 Å². The van der Waals surface area contributed by atoms with Crippen molar-refractivity contribution in [1.29, 1.82) is 0 Å². The van der Waals surface area contributed by atoms with E-state index in [1.807, 2.05) is 18.2 Å². The molecule has 82 heavy (non-hydrogen) atoms. The number of carbonyl (C=O) groups is 1. The van der Waals surface area contributed by atoms with Gasteiger partial charge in [0.15, 0.2) is 6.29 Å². The van der Waals surface area contributed by atoms with Crippen LogP contribution in [0.5, 0.6) is 0 Å². The van der Waals surface area contributed by atoms with Crippen LogP contribution in [-0.4, -0.2) is 6.29 Å². The number of ether oxygens (including phenoxy) is 3. The molecule has 2 heterocycles. The van der Waals surface area contributed by atoms with E-state index in [9.17, 15) is 4.79 Å². The van der Waals surface area contributed by atoms with E-state index in [4.69, 9.17) is 14.2 Å². The SMILES string of the molecule is O=Cc1ccccc1.c1c2c3c4c(cc5c6c7c(cc8c9c%10c(cc%11c%12c(c1C%11)c3c(c46)c(c%12%10)c79)C1OC81)C5)CC2.c1ccc(C2OC3c4cc5c6c7c(cc8c9c%10c(cc%11c%12c%13c(cc(c%14c4c6c(c%13%14)c(c97)c%10%12)C3O2)C%11)CC8)C5)cc1. The van der Waals surface area contributed by atoms with Gasteiger partial charge in [-0.05, 0) is 291 Å². The lowest BCUT2D eigenvalue weighted by molar-refractivity contribution is -0.0693. The minimum absolute atomic E-state index is 0.0859. The number of fused-ring (bicyclic) bond motifs is 6. The zero-order valence-electron chi connectivity index (χ0n) is 44.1. The van der Waals surface area contributed by atoms with Crippen LogP contribution in [0.2, 0.25) is 0 Å². The highest BCUT2D eigenvalue weighted by Crippen LogP contribution is 2.70. The van der Waals surface area contributed by atoms with Crippen LogP contribution in [0.3, 0.4) is 0 Å². The Morgan fingerprint density at radius 2 is 0.524 bits per heavy atom. The van der Waals surface area contributed by atoms with Crippen LogP contribution in [0.1, 0.15) is 136 Å². The minimum atomic E-state index is -0.344. The fraction of sp³-hybridized carbons (Fsp3) is 0.167. The van der Waals surface area contributed by atoms with Gasteiger partial charge in [0.05, 0.1) is 0 Å². The molecule has 0 radical (unpaired) electrons. The van der Waals surface area contributed by atoms with E-state index in [1.54, 1.807) is 197 Å². The number of rotatable bonds is 2. The van der Waals surface area contributed by atoms with E-state index in [0.29, 0.717) is 0 Å². The van der Waals surface area contributed by atoms with Gasteiger partial charge in [-0.3, -0.25) is 4.79 Å². The standard InChI is InChI=1S/C39H20O2.C32H14O.C7H6O/c1-2-4-14(5-3-1)39-40-37-21-12-19-10-17-8-15-6-7-16-9-18-11-20-13-22(38(37)41-39)30-29(21)33-27(19)25(17)31-23(15)24(16)32-26(18)28(20)34(30)36(33)35(31)32;1-2-10-4-12-6-14-8-16-24-23-15(31-32(16)33-31)7-13-5-11-3-9(1)17-18(10)26-20(12)22(14)28(24)30-27(23)21(13)19(11)25(17)29(26)30;8-6-7-4-2-1-3-5-7/h1-5,8-9,12-13,37-39H,6-7,10-11H2;3-4,7-8,31-32H,1-2,5-6H2;1-6H. The van der Waals surface area contributed by atoms with E-state index in [-0.39, 0.29) is 30.7 Å². The van der Waals surface area contributed by atoms with Gasteiger partial charge in [-0.25, -0.2) is 0 Å². The average Bonchev–Trinajstić information content (AvgIpc) is 1.53. The Balaban J connectivity index is 0.0000000929. The van der Waals surface area contributed by atoms with E-state index >= 15 is 0 Å². The summed E-state index contributed by atoms with van der Waals surface area (Å²) in [5.41, 5.74) is 26.4. The summed E-state index contributed by atoms with van der Waals surface area (Å²) in [4.78, 5) is 10.0. The predicted molar refractivity (Wildman–Crippen MR) is 329 cm³/mol. The maximum atomic E-state index is 10.0. The fourth-order valence-electron chi connectivity index (χ4n) is 21.2. The Morgan fingerprint density at radius 3 is 0.829 bits per heavy atom. The fourth-order valence-corrected chi connectivity index (χ4v) is 21.2. The zero-order valence-corrected chi connectivity index (χ0v) is 44.1. The molecule has 2 saturated heterocycles. The van der Waals surface area contributed by atoms with Gasteiger partial charge >= 0.3 is 0 Å². The summed E-state index contributed by atoms with van der Waals surface area (Å²) < 4.78 is 20.2. The lowest BCUT2D eigenvalue weighted by Gasteiger charge is -2.26. The van der Waals surface area contributed by atoms with E-state index < -0.39 is 0 Å². The monoisotopic (exact) mass is 1040 g/mol. The first-order chi connectivity index (χ1) is 40.6. The summed E-state index contributed by atoms with van der Waals surface area (Å²) in [7, 11) is 0. The highest BCUT2D eigenvalue weighted by atomic mass is 16.7. The molecule has 4 nitrogen and oxygen atoms in total. The molecule has 0 amide bonds. The van der Waals surface area contributed by atoms with Gasteiger partial charge in [0.25, 0.3) is 0 Å². The lowest BCUT2D eigenvalue weighted by Crippen LogP contribution is -2.12. The Labute approximate surface area is 465 Å². The number of aldehydes is 1. The second-order valence-corrected chi connectivity index (χ2v) is 26.8. The van der Waals surface area contributed by atoms with Crippen LogP contribution in [0.25, 0.3) is 151 Å². The van der Waals surface area contributed by atoms with Gasteiger partial charge in [0.2, 0.25) is 0 Å². The van der Waals surface area contributed by atoms with Crippen molar-refractivity contribution in [3.63, 3.8) is 0 Å². The molecule has 4 unspecified atom stereocenters. The van der Waals surface area contributed by atoms with E-state index in [1.165, 1.54) is 80.6 Å². The molecule has 2 aliphatic heterocycles. The molecule has 8 aliphatic carbocycles. The van der Waals surface area contributed by atoms with Crippen molar-refractivity contribution < 1.29 is 19.0 Å². The summed E-state index contributed by atoms with van der Waals surface area (Å²) in [6.45, 7) is 0. The summed E-state index contributed by atoms with van der Waals surface area (Å²) in [6.07, 6.45) is 9.90. The number of hydrogen-bond acceptors (Lipinski definition) is 4. The Morgan fingerprint density at radius 1 is 0.268 bits per heavy atom. The third-order valence-corrected chi connectivity index (χ3v) is 23.6. The molecule has 18 aromatic carbocycles. The first-order valence-corrected chi connectivity index (χ1v) is 30.2. The molecule has 18 aromatic rings. The second kappa shape index (κ2) is 12.1. The molecular formula is C78H40O4. The smallest absolute Gasteiger partial charge is 0.185 e. The van der Waals surface area contributed by atoms with Gasteiger partial charge in [0.1, 0.15) is 30.7 Å². The minimum Gasteiger partial charge on any atom is -0.359 e. The van der Waals surface area contributed by atoms with Crippen molar-refractivity contribution in [1.82, 2.24) is 0 Å². The molecule has 28 rings (SSSR count). The number of carbonyl (C=O) groups excluding carboxylic acids is 1. The maximum Gasteiger partial charge on any atom is 0.185 e. The molecule has 4 heteroatoms. The van der Waals surface area contributed by atoms with Crippen molar-refractivity contribution in [2.45, 2.75) is 82.1 Å². The van der Waals surface area contributed by atoms with Gasteiger partial charge in [0, 0.05) is 11.1 Å². The summed E-state index contributed by atoms with van der Waals surface area (Å²) in [6, 6.07) is 40.2. The first kappa shape index (κ1) is 39.6. The van der Waals surface area contributed by atoms with E-state index in [0.717, 1.165) is 43.1 Å². The number of aryl methyl sites for hydroxylation is 4. The van der Waals surface area contributed by atoms with Crippen molar-refractivity contribution in [2.24, 2.45) is 0 Å². The summed E-state index contributed by atoms with van der Waals surface area (Å²) in [5.74, 6) is 0. The molecule has 0 N–H and O–H groups in total. The van der Waals surface area contributed by atoms with Gasteiger partial charge < -0.3 is 14.2 Å². The third kappa shape index (κ3) is 3.77. The Hall–Kier alpha value is -8.77. The van der Waals surface area contributed by atoms with Crippen LogP contribution in [0, 0.1) is 0 Å². The highest BCUT2D eigenvalue weighted by Gasteiger charge is 2.51. The average molecular weight is 1040 g/mol. The Kier molecular flexibility index (Phi) is 5.83. The lowest BCUT2D eigenvalue weighted by atomic mass is 9.83. The quantitative estimate of drug-likeness (QED) is 0.0983. The number of hydrogen-bond donors (Lipinski definition) is 0. The molecular weight excluding hydrogens is 1000 g/mol. The van der Waals surface area contributed by atoms with Crippen LogP contribution in [0.15, 0.2) is 109 Å². The Bertz CT molecular complexity index is 5920. The molecule has 0 bridgehead atoms. The van der Waals surface area contributed by atoms with Gasteiger partial charge in [-0.2, -0.15) is 0 Å². The van der Waals surface area contributed by atoms with Crippen molar-refractivity contribution in [2.75, 3.05) is 0 Å². The van der Waals surface area contributed by atoms with Crippen LogP contribution in [-0.2, 0) is 65.6 Å². The molecule has 4 atom stereocenters. The second-order valence-electron chi connectivity index (χ2n) is 26.8. The highest BCUT2D eigenvalue weighted by molar-refractivity contribution is 6.58. The largest absolute Gasteiger partial charge is 0.359 e. The maximum absolute atomic E-state index is 10.0. The molecule has 0 saturated carbocycles. The third-order valence-electron chi connectivity index (χ3n) is 23.6.